The van der Waals surface area contributed by atoms with Crippen molar-refractivity contribution in [2.24, 2.45) is 0 Å². The Balaban J connectivity index is 2.13. The third kappa shape index (κ3) is 3.32. The summed E-state index contributed by atoms with van der Waals surface area (Å²) in [5.41, 5.74) is 0.212. The molecule has 0 saturated carbocycles. The van der Waals surface area contributed by atoms with E-state index in [-0.39, 0.29) is 29.0 Å². The van der Waals surface area contributed by atoms with Crippen LogP contribution in [0.3, 0.4) is 0 Å². The molecule has 1 nitrogen and oxygen atoms in total. The van der Waals surface area contributed by atoms with Crippen molar-refractivity contribution in [3.05, 3.63) is 70.0 Å². The summed E-state index contributed by atoms with van der Waals surface area (Å²) in [5, 5.41) is 10.1. The normalized spacial score (nSPS) is 12.4. The van der Waals surface area contributed by atoms with Crippen LogP contribution in [0.15, 0.2) is 36.4 Å². The smallest absolute Gasteiger partial charge is 0.162 e. The lowest BCUT2D eigenvalue weighted by atomic mass is 10.0. The molecular weight excluding hydrogens is 289 g/mol. The predicted molar refractivity (Wildman–Crippen MR) is 71.2 cm³/mol. The minimum Gasteiger partial charge on any atom is -0.392 e. The number of aliphatic hydroxyl groups excluding tert-OH is 1. The zero-order chi connectivity index (χ0) is 14.7. The standard InChI is InChI=1S/C15H12ClF3O/c16-12-4-2-5-13(17)11(12)8-10(20)7-9-3-1-6-14(18)15(9)19/h1-6,10,20H,7-8H2. The lowest BCUT2D eigenvalue weighted by molar-refractivity contribution is 0.172. The predicted octanol–water partition coefficient (Wildman–Crippen LogP) is 3.90. The maximum atomic E-state index is 13.6. The molecule has 20 heavy (non-hydrogen) atoms. The Kier molecular flexibility index (Phi) is 4.68. The van der Waals surface area contributed by atoms with Gasteiger partial charge in [-0.05, 0) is 23.8 Å². The Morgan fingerprint density at radius 2 is 1.60 bits per heavy atom. The van der Waals surface area contributed by atoms with Crippen molar-refractivity contribution in [2.45, 2.75) is 18.9 Å². The fraction of sp³-hybridized carbons (Fsp3) is 0.200. The van der Waals surface area contributed by atoms with Crippen LogP contribution in [0.25, 0.3) is 0 Å². The quantitative estimate of drug-likeness (QED) is 0.908. The van der Waals surface area contributed by atoms with Crippen molar-refractivity contribution in [1.82, 2.24) is 0 Å². The van der Waals surface area contributed by atoms with Crippen molar-refractivity contribution in [3.8, 4) is 0 Å². The summed E-state index contributed by atoms with van der Waals surface area (Å²) in [6.07, 6.45) is -1.24. The Morgan fingerprint density at radius 3 is 2.30 bits per heavy atom. The monoisotopic (exact) mass is 300 g/mol. The van der Waals surface area contributed by atoms with Crippen LogP contribution >= 0.6 is 11.6 Å². The summed E-state index contributed by atoms with van der Waals surface area (Å²) < 4.78 is 40.1. The number of hydrogen-bond donors (Lipinski definition) is 1. The molecule has 0 aromatic heterocycles. The highest BCUT2D eigenvalue weighted by molar-refractivity contribution is 6.31. The Labute approximate surface area is 119 Å². The number of halogens is 4. The number of benzene rings is 2. The fourth-order valence-corrected chi connectivity index (χ4v) is 2.24. The van der Waals surface area contributed by atoms with Crippen molar-refractivity contribution in [3.63, 3.8) is 0 Å². The number of hydrogen-bond acceptors (Lipinski definition) is 1. The van der Waals surface area contributed by atoms with E-state index in [0.29, 0.717) is 0 Å². The maximum absolute atomic E-state index is 13.6. The van der Waals surface area contributed by atoms with Gasteiger partial charge in [-0.3, -0.25) is 0 Å². The SMILES string of the molecule is OC(Cc1cccc(F)c1F)Cc1c(F)cccc1Cl. The molecule has 1 atom stereocenters. The summed E-state index contributed by atoms with van der Waals surface area (Å²) in [7, 11) is 0. The van der Waals surface area contributed by atoms with Crippen molar-refractivity contribution in [2.75, 3.05) is 0 Å². The second kappa shape index (κ2) is 6.29. The summed E-state index contributed by atoms with van der Waals surface area (Å²) in [6, 6.07) is 7.94. The second-order valence-corrected chi connectivity index (χ2v) is 4.88. The van der Waals surface area contributed by atoms with E-state index in [1.54, 1.807) is 0 Å². The van der Waals surface area contributed by atoms with Crippen LogP contribution in [0.4, 0.5) is 13.2 Å². The van der Waals surface area contributed by atoms with Gasteiger partial charge in [-0.2, -0.15) is 0 Å². The molecule has 2 aromatic rings. The minimum atomic E-state index is -1.05. The molecule has 0 heterocycles. The Morgan fingerprint density at radius 1 is 0.950 bits per heavy atom. The molecule has 0 aliphatic carbocycles. The molecular formula is C15H12ClF3O. The average Bonchev–Trinajstić information content (AvgIpc) is 2.39. The van der Waals surface area contributed by atoms with Gasteiger partial charge in [0.2, 0.25) is 0 Å². The average molecular weight is 301 g/mol. The first kappa shape index (κ1) is 14.9. The lowest BCUT2D eigenvalue weighted by Crippen LogP contribution is -2.16. The highest BCUT2D eigenvalue weighted by Gasteiger charge is 2.16. The molecule has 1 N–H and O–H groups in total. The van der Waals surface area contributed by atoms with Crippen molar-refractivity contribution < 1.29 is 18.3 Å². The zero-order valence-corrected chi connectivity index (χ0v) is 11.2. The molecule has 0 spiro atoms. The topological polar surface area (TPSA) is 20.2 Å². The summed E-state index contributed by atoms with van der Waals surface area (Å²) >= 11 is 5.85. The molecule has 0 radical (unpaired) electrons. The van der Waals surface area contributed by atoms with Crippen LogP contribution in [0.2, 0.25) is 5.02 Å². The van der Waals surface area contributed by atoms with Gasteiger partial charge >= 0.3 is 0 Å². The minimum absolute atomic E-state index is 0.0463. The van der Waals surface area contributed by atoms with E-state index in [2.05, 4.69) is 0 Å². The van der Waals surface area contributed by atoms with E-state index in [1.807, 2.05) is 0 Å². The summed E-state index contributed by atoms with van der Waals surface area (Å²) in [5.74, 6) is -2.50. The molecule has 5 heteroatoms. The molecule has 0 aliphatic heterocycles. The largest absolute Gasteiger partial charge is 0.392 e. The molecule has 2 aromatic carbocycles. The highest BCUT2D eigenvalue weighted by atomic mass is 35.5. The van der Waals surface area contributed by atoms with Gasteiger partial charge in [0.05, 0.1) is 6.10 Å². The first-order valence-electron chi connectivity index (χ1n) is 6.03. The molecule has 0 aliphatic rings. The van der Waals surface area contributed by atoms with E-state index in [1.165, 1.54) is 30.3 Å². The van der Waals surface area contributed by atoms with Crippen molar-refractivity contribution in [1.29, 1.82) is 0 Å². The van der Waals surface area contributed by atoms with Crippen LogP contribution < -0.4 is 0 Å². The third-order valence-electron chi connectivity index (χ3n) is 2.99. The van der Waals surface area contributed by atoms with Gasteiger partial charge in [0.15, 0.2) is 11.6 Å². The lowest BCUT2D eigenvalue weighted by Gasteiger charge is -2.13. The van der Waals surface area contributed by atoms with Gasteiger partial charge in [0.25, 0.3) is 0 Å². The Hall–Kier alpha value is -1.52. The van der Waals surface area contributed by atoms with E-state index in [4.69, 9.17) is 11.6 Å². The molecule has 1 unspecified atom stereocenters. The van der Waals surface area contributed by atoms with Gasteiger partial charge in [-0.25, -0.2) is 13.2 Å². The second-order valence-electron chi connectivity index (χ2n) is 4.48. The molecule has 0 saturated heterocycles. The van der Waals surface area contributed by atoms with Gasteiger partial charge in [-0.1, -0.05) is 29.8 Å². The van der Waals surface area contributed by atoms with Crippen LogP contribution in [0, 0.1) is 17.5 Å². The van der Waals surface area contributed by atoms with Crippen molar-refractivity contribution >= 4 is 11.6 Å². The first-order valence-corrected chi connectivity index (χ1v) is 6.40. The molecule has 0 fully saturated rings. The van der Waals surface area contributed by atoms with Gasteiger partial charge in [0, 0.05) is 23.4 Å². The first-order chi connectivity index (χ1) is 9.49. The summed E-state index contributed by atoms with van der Waals surface area (Å²) in [6.45, 7) is 0. The van der Waals surface area contributed by atoms with Crippen LogP contribution in [-0.4, -0.2) is 11.2 Å². The third-order valence-corrected chi connectivity index (χ3v) is 3.34. The fourth-order valence-electron chi connectivity index (χ4n) is 2.00. The number of rotatable bonds is 4. The summed E-state index contributed by atoms with van der Waals surface area (Å²) in [4.78, 5) is 0. The molecule has 2 rings (SSSR count). The number of aliphatic hydroxyl groups is 1. The van der Waals surface area contributed by atoms with Crippen LogP contribution in [0.5, 0.6) is 0 Å². The van der Waals surface area contributed by atoms with Gasteiger partial charge in [-0.15, -0.1) is 0 Å². The molecule has 0 bridgehead atoms. The van der Waals surface area contributed by atoms with E-state index in [9.17, 15) is 18.3 Å². The highest BCUT2D eigenvalue weighted by Crippen LogP contribution is 2.22. The maximum Gasteiger partial charge on any atom is 0.162 e. The Bertz CT molecular complexity index is 596. The van der Waals surface area contributed by atoms with Crippen LogP contribution in [-0.2, 0) is 12.8 Å². The van der Waals surface area contributed by atoms with Gasteiger partial charge < -0.3 is 5.11 Å². The van der Waals surface area contributed by atoms with Gasteiger partial charge in [0.1, 0.15) is 5.82 Å². The molecule has 0 amide bonds. The van der Waals surface area contributed by atoms with E-state index < -0.39 is 23.6 Å². The van der Waals surface area contributed by atoms with E-state index in [0.717, 1.165) is 6.07 Å². The zero-order valence-electron chi connectivity index (χ0n) is 10.4. The van der Waals surface area contributed by atoms with Crippen LogP contribution in [0.1, 0.15) is 11.1 Å². The molecule has 106 valence electrons. The van der Waals surface area contributed by atoms with E-state index >= 15 is 0 Å².